The zero-order chi connectivity index (χ0) is 14.7. The SMILES string of the molecule is Cc1ccc(C(C)NC(=O)Nc2ccc(Cl)c(Cl)c2)o1. The molecule has 0 aliphatic rings. The molecule has 1 unspecified atom stereocenters. The smallest absolute Gasteiger partial charge is 0.319 e. The lowest BCUT2D eigenvalue weighted by atomic mass is 10.2. The fourth-order valence-corrected chi connectivity index (χ4v) is 1.99. The molecular weight excluding hydrogens is 299 g/mol. The lowest BCUT2D eigenvalue weighted by Gasteiger charge is -2.13. The van der Waals surface area contributed by atoms with Gasteiger partial charge in [-0.15, -0.1) is 0 Å². The number of halogens is 2. The van der Waals surface area contributed by atoms with Crippen LogP contribution in [0.25, 0.3) is 0 Å². The second-order valence-corrected chi connectivity index (χ2v) is 5.21. The van der Waals surface area contributed by atoms with Gasteiger partial charge >= 0.3 is 6.03 Å². The zero-order valence-electron chi connectivity index (χ0n) is 11.0. The van der Waals surface area contributed by atoms with Crippen LogP contribution in [0.4, 0.5) is 10.5 Å². The van der Waals surface area contributed by atoms with Crippen LogP contribution in [0.1, 0.15) is 24.5 Å². The number of rotatable bonds is 3. The van der Waals surface area contributed by atoms with Crippen LogP contribution in [0.5, 0.6) is 0 Å². The summed E-state index contributed by atoms with van der Waals surface area (Å²) in [6.45, 7) is 3.69. The first kappa shape index (κ1) is 14.8. The third kappa shape index (κ3) is 3.68. The minimum absolute atomic E-state index is 0.230. The molecule has 1 atom stereocenters. The summed E-state index contributed by atoms with van der Waals surface area (Å²) in [6.07, 6.45) is 0. The minimum Gasteiger partial charge on any atom is -0.464 e. The van der Waals surface area contributed by atoms with Crippen molar-refractivity contribution in [3.63, 3.8) is 0 Å². The topological polar surface area (TPSA) is 54.3 Å². The number of hydrogen-bond donors (Lipinski definition) is 2. The predicted octanol–water partition coefficient (Wildman–Crippen LogP) is 4.78. The third-order valence-corrected chi connectivity index (χ3v) is 3.45. The summed E-state index contributed by atoms with van der Waals surface area (Å²) in [5, 5.41) is 6.28. The Labute approximate surface area is 127 Å². The quantitative estimate of drug-likeness (QED) is 0.857. The van der Waals surface area contributed by atoms with Crippen molar-refractivity contribution in [2.24, 2.45) is 0 Å². The summed E-state index contributed by atoms with van der Waals surface area (Å²) < 4.78 is 5.45. The van der Waals surface area contributed by atoms with E-state index in [-0.39, 0.29) is 12.1 Å². The Morgan fingerprint density at radius 1 is 1.20 bits per heavy atom. The highest BCUT2D eigenvalue weighted by Gasteiger charge is 2.13. The molecule has 0 saturated heterocycles. The van der Waals surface area contributed by atoms with E-state index in [0.717, 1.165) is 5.76 Å². The minimum atomic E-state index is -0.343. The molecule has 1 aromatic heterocycles. The number of carbonyl (C=O) groups excluding carboxylic acids is 1. The Hall–Kier alpha value is -1.65. The molecule has 2 amide bonds. The zero-order valence-corrected chi connectivity index (χ0v) is 12.5. The molecule has 2 aromatic rings. The van der Waals surface area contributed by atoms with Crippen LogP contribution >= 0.6 is 23.2 Å². The summed E-state index contributed by atoms with van der Waals surface area (Å²) in [4.78, 5) is 11.9. The maximum atomic E-state index is 11.9. The fraction of sp³-hybridized carbons (Fsp3) is 0.214. The first-order valence-corrected chi connectivity index (χ1v) is 6.80. The largest absolute Gasteiger partial charge is 0.464 e. The molecular formula is C14H14Cl2N2O2. The molecule has 1 heterocycles. The van der Waals surface area contributed by atoms with Gasteiger partial charge in [-0.25, -0.2) is 4.79 Å². The molecule has 1 aromatic carbocycles. The Morgan fingerprint density at radius 3 is 2.55 bits per heavy atom. The molecule has 4 nitrogen and oxygen atoms in total. The second-order valence-electron chi connectivity index (χ2n) is 4.40. The van der Waals surface area contributed by atoms with E-state index < -0.39 is 0 Å². The molecule has 0 aliphatic carbocycles. The average molecular weight is 313 g/mol. The number of benzene rings is 1. The van der Waals surface area contributed by atoms with Gasteiger partial charge in [-0.2, -0.15) is 0 Å². The van der Waals surface area contributed by atoms with Gasteiger partial charge in [-0.3, -0.25) is 0 Å². The number of furan rings is 1. The number of carbonyl (C=O) groups is 1. The van der Waals surface area contributed by atoms with E-state index in [1.165, 1.54) is 0 Å². The van der Waals surface area contributed by atoms with Gasteiger partial charge in [0.15, 0.2) is 0 Å². The van der Waals surface area contributed by atoms with Gasteiger partial charge in [0, 0.05) is 5.69 Å². The van der Waals surface area contributed by atoms with Gasteiger partial charge in [-0.05, 0) is 44.2 Å². The summed E-state index contributed by atoms with van der Waals surface area (Å²) >= 11 is 11.7. The fourth-order valence-electron chi connectivity index (χ4n) is 1.69. The van der Waals surface area contributed by atoms with E-state index in [0.29, 0.717) is 21.5 Å². The van der Waals surface area contributed by atoms with Gasteiger partial charge in [-0.1, -0.05) is 23.2 Å². The van der Waals surface area contributed by atoms with Crippen LogP contribution in [0.2, 0.25) is 10.0 Å². The van der Waals surface area contributed by atoms with Crippen LogP contribution in [0.3, 0.4) is 0 Å². The van der Waals surface area contributed by atoms with Crippen LogP contribution in [0, 0.1) is 6.92 Å². The number of nitrogens with one attached hydrogen (secondary N) is 2. The van der Waals surface area contributed by atoms with E-state index in [9.17, 15) is 4.79 Å². The van der Waals surface area contributed by atoms with Crippen molar-refractivity contribution in [3.8, 4) is 0 Å². The number of urea groups is 1. The Bertz CT molecular complexity index is 625. The lowest BCUT2D eigenvalue weighted by molar-refractivity contribution is 0.247. The highest BCUT2D eigenvalue weighted by atomic mass is 35.5. The Morgan fingerprint density at radius 2 is 1.95 bits per heavy atom. The Kier molecular flexibility index (Phi) is 4.57. The molecule has 106 valence electrons. The van der Waals surface area contributed by atoms with Crippen molar-refractivity contribution in [2.75, 3.05) is 5.32 Å². The Balaban J connectivity index is 1.96. The average Bonchev–Trinajstić information content (AvgIpc) is 2.80. The maximum absolute atomic E-state index is 11.9. The summed E-state index contributed by atoms with van der Waals surface area (Å²) in [5.74, 6) is 1.50. The van der Waals surface area contributed by atoms with Crippen molar-refractivity contribution in [1.82, 2.24) is 5.32 Å². The molecule has 0 spiro atoms. The van der Waals surface area contributed by atoms with E-state index in [1.807, 2.05) is 26.0 Å². The number of hydrogen-bond acceptors (Lipinski definition) is 2. The van der Waals surface area contributed by atoms with Crippen LogP contribution < -0.4 is 10.6 Å². The van der Waals surface area contributed by atoms with Crippen molar-refractivity contribution >= 4 is 34.9 Å². The first-order chi connectivity index (χ1) is 9.45. The van der Waals surface area contributed by atoms with Gasteiger partial charge in [0.1, 0.15) is 11.5 Å². The second kappa shape index (κ2) is 6.20. The highest BCUT2D eigenvalue weighted by Crippen LogP contribution is 2.25. The molecule has 6 heteroatoms. The molecule has 0 bridgehead atoms. The van der Waals surface area contributed by atoms with Crippen molar-refractivity contribution in [1.29, 1.82) is 0 Å². The molecule has 20 heavy (non-hydrogen) atoms. The normalized spacial score (nSPS) is 12.0. The molecule has 0 saturated carbocycles. The van der Waals surface area contributed by atoms with Crippen LogP contribution in [0.15, 0.2) is 34.7 Å². The predicted molar refractivity (Wildman–Crippen MR) is 80.5 cm³/mol. The van der Waals surface area contributed by atoms with E-state index in [1.54, 1.807) is 18.2 Å². The van der Waals surface area contributed by atoms with E-state index in [4.69, 9.17) is 27.6 Å². The van der Waals surface area contributed by atoms with E-state index in [2.05, 4.69) is 10.6 Å². The monoisotopic (exact) mass is 312 g/mol. The van der Waals surface area contributed by atoms with Crippen LogP contribution in [-0.2, 0) is 0 Å². The summed E-state index contributed by atoms with van der Waals surface area (Å²) in [7, 11) is 0. The summed E-state index contributed by atoms with van der Waals surface area (Å²) in [6, 6.07) is 8.00. The standard InChI is InChI=1S/C14H14Cl2N2O2/c1-8-3-6-13(20-8)9(2)17-14(19)18-10-4-5-11(15)12(16)7-10/h3-7,9H,1-2H3,(H2,17,18,19). The van der Waals surface area contributed by atoms with Gasteiger partial charge < -0.3 is 15.1 Å². The molecule has 2 N–H and O–H groups in total. The van der Waals surface area contributed by atoms with Crippen molar-refractivity contribution in [2.45, 2.75) is 19.9 Å². The first-order valence-electron chi connectivity index (χ1n) is 6.04. The van der Waals surface area contributed by atoms with Crippen molar-refractivity contribution < 1.29 is 9.21 Å². The highest BCUT2D eigenvalue weighted by molar-refractivity contribution is 6.42. The molecule has 0 fully saturated rings. The lowest BCUT2D eigenvalue weighted by Crippen LogP contribution is -2.30. The molecule has 0 radical (unpaired) electrons. The van der Waals surface area contributed by atoms with Gasteiger partial charge in [0.2, 0.25) is 0 Å². The third-order valence-electron chi connectivity index (χ3n) is 2.71. The van der Waals surface area contributed by atoms with Gasteiger partial charge in [0.25, 0.3) is 0 Å². The summed E-state index contributed by atoms with van der Waals surface area (Å²) in [5.41, 5.74) is 0.569. The van der Waals surface area contributed by atoms with Gasteiger partial charge in [0.05, 0.1) is 16.1 Å². The van der Waals surface area contributed by atoms with Crippen molar-refractivity contribution in [3.05, 3.63) is 51.9 Å². The number of amides is 2. The van der Waals surface area contributed by atoms with Crippen LogP contribution in [-0.4, -0.2) is 6.03 Å². The number of anilines is 1. The molecule has 2 rings (SSSR count). The molecule has 0 aliphatic heterocycles. The van der Waals surface area contributed by atoms with E-state index >= 15 is 0 Å². The number of aryl methyl sites for hydroxylation is 1. The maximum Gasteiger partial charge on any atom is 0.319 e.